The van der Waals surface area contributed by atoms with Crippen molar-refractivity contribution in [1.82, 2.24) is 0 Å². The largest absolute Gasteiger partial charge is 0.396 e. The lowest BCUT2D eigenvalue weighted by Crippen LogP contribution is -1.78. The third-order valence-electron chi connectivity index (χ3n) is 1.66. The van der Waals surface area contributed by atoms with Crippen molar-refractivity contribution in [3.05, 3.63) is 37.0 Å². The smallest absolute Gasteiger partial charge is 0.0433 e. The summed E-state index contributed by atoms with van der Waals surface area (Å²) in [6.07, 6.45) is 15.6. The van der Waals surface area contributed by atoms with Crippen LogP contribution in [-0.4, -0.2) is 11.7 Å². The SMILES string of the molecule is C=CC/C=C/CC/C=C\CC[13CH2]O. The van der Waals surface area contributed by atoms with Gasteiger partial charge in [0.2, 0.25) is 0 Å². The standard InChI is InChI=1S/C12H20O/c1-2-3-4-5-6-7-8-9-10-11-12-13/h2,4-5,8-9,13H,1,3,6-7,10-12H2/b5-4+,9-8-/i12+1. The van der Waals surface area contributed by atoms with E-state index in [0.29, 0.717) is 6.61 Å². The molecule has 0 aliphatic carbocycles. The van der Waals surface area contributed by atoms with Gasteiger partial charge in [0.15, 0.2) is 0 Å². The summed E-state index contributed by atoms with van der Waals surface area (Å²) in [5.74, 6) is 0. The second-order valence-corrected chi connectivity index (χ2v) is 2.91. The molecule has 0 aromatic rings. The average Bonchev–Trinajstić information content (AvgIpc) is 2.16. The molecule has 0 radical (unpaired) electrons. The minimum absolute atomic E-state index is 0.295. The molecule has 0 atom stereocenters. The first-order valence-electron chi connectivity index (χ1n) is 4.93. The van der Waals surface area contributed by atoms with Gasteiger partial charge < -0.3 is 5.11 Å². The maximum absolute atomic E-state index is 8.51. The van der Waals surface area contributed by atoms with Gasteiger partial charge >= 0.3 is 0 Å². The van der Waals surface area contributed by atoms with E-state index in [-0.39, 0.29) is 0 Å². The van der Waals surface area contributed by atoms with Crippen LogP contribution in [0.15, 0.2) is 37.0 Å². The predicted molar refractivity (Wildman–Crippen MR) is 58.6 cm³/mol. The van der Waals surface area contributed by atoms with Crippen LogP contribution >= 0.6 is 0 Å². The van der Waals surface area contributed by atoms with Gasteiger partial charge in [0, 0.05) is 6.61 Å². The molecule has 1 nitrogen and oxygen atoms in total. The summed E-state index contributed by atoms with van der Waals surface area (Å²) in [7, 11) is 0. The summed E-state index contributed by atoms with van der Waals surface area (Å²) >= 11 is 0. The topological polar surface area (TPSA) is 20.2 Å². The van der Waals surface area contributed by atoms with Gasteiger partial charge in [-0.15, -0.1) is 6.58 Å². The number of unbranched alkanes of at least 4 members (excludes halogenated alkanes) is 2. The molecule has 0 rings (SSSR count). The normalized spacial score (nSPS) is 11.5. The highest BCUT2D eigenvalue weighted by Crippen LogP contribution is 1.97. The number of aliphatic hydroxyl groups excluding tert-OH is 1. The Hall–Kier alpha value is -0.820. The summed E-state index contributed by atoms with van der Waals surface area (Å²) in [5.41, 5.74) is 0. The summed E-state index contributed by atoms with van der Waals surface area (Å²) in [6, 6.07) is 0. The zero-order valence-electron chi connectivity index (χ0n) is 8.28. The van der Waals surface area contributed by atoms with E-state index in [1.165, 1.54) is 0 Å². The van der Waals surface area contributed by atoms with E-state index >= 15 is 0 Å². The van der Waals surface area contributed by atoms with Crippen molar-refractivity contribution in [1.29, 1.82) is 0 Å². The molecule has 0 saturated heterocycles. The van der Waals surface area contributed by atoms with Gasteiger partial charge in [-0.25, -0.2) is 0 Å². The second-order valence-electron chi connectivity index (χ2n) is 2.91. The van der Waals surface area contributed by atoms with Crippen LogP contribution in [0.3, 0.4) is 0 Å². The summed E-state index contributed by atoms with van der Waals surface area (Å²) in [6.45, 7) is 3.93. The van der Waals surface area contributed by atoms with E-state index in [9.17, 15) is 0 Å². The van der Waals surface area contributed by atoms with Crippen molar-refractivity contribution in [2.45, 2.75) is 32.1 Å². The van der Waals surface area contributed by atoms with Crippen molar-refractivity contribution < 1.29 is 5.11 Å². The van der Waals surface area contributed by atoms with Crippen molar-refractivity contribution in [2.24, 2.45) is 0 Å². The Kier molecular flexibility index (Phi) is 10.5. The van der Waals surface area contributed by atoms with E-state index < -0.39 is 0 Å². The van der Waals surface area contributed by atoms with Crippen LogP contribution in [0.2, 0.25) is 0 Å². The van der Waals surface area contributed by atoms with Gasteiger partial charge in [0.05, 0.1) is 0 Å². The van der Waals surface area contributed by atoms with E-state index in [0.717, 1.165) is 32.1 Å². The Morgan fingerprint density at radius 2 is 1.54 bits per heavy atom. The quantitative estimate of drug-likeness (QED) is 0.346. The molecule has 0 unspecified atom stereocenters. The first-order valence-corrected chi connectivity index (χ1v) is 4.93. The molecule has 0 heterocycles. The highest BCUT2D eigenvalue weighted by molar-refractivity contribution is 4.91. The highest BCUT2D eigenvalue weighted by Gasteiger charge is 1.79. The first-order chi connectivity index (χ1) is 6.41. The fraction of sp³-hybridized carbons (Fsp3) is 0.500. The van der Waals surface area contributed by atoms with Crippen LogP contribution in [0.25, 0.3) is 0 Å². The third kappa shape index (κ3) is 11.2. The molecular formula is C12H20O. The molecule has 0 fully saturated rings. The lowest BCUT2D eigenvalue weighted by atomic mass is 10.2. The van der Waals surface area contributed by atoms with Gasteiger partial charge in [-0.3, -0.25) is 0 Å². The Balaban J connectivity index is 3.14. The minimum Gasteiger partial charge on any atom is -0.396 e. The first kappa shape index (κ1) is 12.2. The zero-order chi connectivity index (χ0) is 9.78. The van der Waals surface area contributed by atoms with Crippen LogP contribution in [0.1, 0.15) is 32.1 Å². The zero-order valence-corrected chi connectivity index (χ0v) is 8.28. The lowest BCUT2D eigenvalue weighted by molar-refractivity contribution is 0.289. The van der Waals surface area contributed by atoms with Crippen molar-refractivity contribution in [3.8, 4) is 0 Å². The summed E-state index contributed by atoms with van der Waals surface area (Å²) in [4.78, 5) is 0. The Morgan fingerprint density at radius 3 is 2.15 bits per heavy atom. The van der Waals surface area contributed by atoms with Crippen LogP contribution in [0.4, 0.5) is 0 Å². The minimum atomic E-state index is 0.295. The van der Waals surface area contributed by atoms with E-state index in [4.69, 9.17) is 5.11 Å². The van der Waals surface area contributed by atoms with Gasteiger partial charge in [-0.1, -0.05) is 30.4 Å². The average molecular weight is 181 g/mol. The molecule has 1 N–H and O–H groups in total. The van der Waals surface area contributed by atoms with Gasteiger partial charge in [-0.05, 0) is 32.1 Å². The lowest BCUT2D eigenvalue weighted by Gasteiger charge is -1.88. The van der Waals surface area contributed by atoms with E-state index in [1.54, 1.807) is 0 Å². The molecule has 0 aromatic carbocycles. The molecular weight excluding hydrogens is 161 g/mol. The van der Waals surface area contributed by atoms with Crippen molar-refractivity contribution in [2.75, 3.05) is 6.61 Å². The number of hydrogen-bond acceptors (Lipinski definition) is 1. The van der Waals surface area contributed by atoms with Gasteiger partial charge in [0.1, 0.15) is 0 Å². The predicted octanol–water partition coefficient (Wildman–Crippen LogP) is 3.23. The van der Waals surface area contributed by atoms with Crippen LogP contribution in [0, 0.1) is 0 Å². The molecule has 0 amide bonds. The van der Waals surface area contributed by atoms with Crippen LogP contribution in [0.5, 0.6) is 0 Å². The van der Waals surface area contributed by atoms with E-state index in [1.807, 2.05) is 6.08 Å². The molecule has 0 aliphatic rings. The molecule has 74 valence electrons. The maximum Gasteiger partial charge on any atom is 0.0433 e. The van der Waals surface area contributed by atoms with Crippen LogP contribution in [-0.2, 0) is 0 Å². The second kappa shape index (κ2) is 11.2. The molecule has 0 saturated carbocycles. The van der Waals surface area contributed by atoms with Gasteiger partial charge in [-0.2, -0.15) is 0 Å². The van der Waals surface area contributed by atoms with Crippen molar-refractivity contribution in [3.63, 3.8) is 0 Å². The molecule has 0 bridgehead atoms. The number of allylic oxidation sites excluding steroid dienone is 5. The number of hydrogen-bond donors (Lipinski definition) is 1. The molecule has 0 aromatic heterocycles. The molecule has 0 spiro atoms. The Bertz CT molecular complexity index is 157. The fourth-order valence-electron chi connectivity index (χ4n) is 0.948. The third-order valence-corrected chi connectivity index (χ3v) is 1.66. The van der Waals surface area contributed by atoms with Crippen molar-refractivity contribution >= 4 is 0 Å². The van der Waals surface area contributed by atoms with Crippen LogP contribution < -0.4 is 0 Å². The summed E-state index contributed by atoms with van der Waals surface area (Å²) < 4.78 is 0. The highest BCUT2D eigenvalue weighted by atomic mass is 16.3. The Labute approximate surface area is 81.5 Å². The number of aliphatic hydroxyl groups is 1. The number of rotatable bonds is 8. The molecule has 0 aliphatic heterocycles. The Morgan fingerprint density at radius 1 is 0.923 bits per heavy atom. The molecule has 1 heteroatoms. The van der Waals surface area contributed by atoms with E-state index in [2.05, 4.69) is 30.9 Å². The van der Waals surface area contributed by atoms with Gasteiger partial charge in [0.25, 0.3) is 0 Å². The fourth-order valence-corrected chi connectivity index (χ4v) is 0.948. The monoisotopic (exact) mass is 181 g/mol. The summed E-state index contributed by atoms with van der Waals surface area (Å²) in [5, 5.41) is 8.51. The maximum atomic E-state index is 8.51. The molecule has 13 heavy (non-hydrogen) atoms.